The van der Waals surface area contributed by atoms with Gasteiger partial charge in [-0.25, -0.2) is 10.0 Å². The Morgan fingerprint density at radius 3 is 2.40 bits per heavy atom. The lowest BCUT2D eigenvalue weighted by atomic mass is 9.84. The molecule has 57 heavy (non-hydrogen) atoms. The number of nitroso groups, excluding NO2 is 1. The Morgan fingerprint density at radius 2 is 1.82 bits per heavy atom. The zero-order valence-electron chi connectivity index (χ0n) is 35.0. The number of unbranched alkanes of at least 4 members (excludes halogenated alkanes) is 2. The van der Waals surface area contributed by atoms with Crippen LogP contribution in [-0.2, 0) is 30.4 Å². The Balaban J connectivity index is 1.93. The molecule has 0 saturated carbocycles. The van der Waals surface area contributed by atoms with Gasteiger partial charge in [-0.05, 0) is 75.5 Å². The Labute approximate surface area is 341 Å². The molecular formula is C41H66N7O8S+. The largest absolute Gasteiger partial charge is 0.481 e. The number of hydrazine groups is 1. The standard InChI is InChI=1S/C41H65N7O8S/c1-9-11-14-21-55-47(39(51)36(27(5)10-2)46-48(54)35-15-12-13-20-43-35)33(26(3)4)23-34(56-28(6)49)38-45-32(25-57-38)37(50)44-31(24-41(7,8)40(52)53)22-29-16-18-30(42)19-17-29/h16-19,25-27,31,33-36,43H,9-15,20-24,42H2,1-8H3,(H2-,44,46,50,52,53,54)/p+1/t27-,31-,33+,34+,35-,36-/m0/s1. The maximum Gasteiger partial charge on any atom is 0.309 e. The zero-order chi connectivity index (χ0) is 42.3. The van der Waals surface area contributed by atoms with E-state index in [9.17, 15) is 29.2 Å². The average molecular weight is 817 g/mol. The normalized spacial score (nSPS) is 17.2. The number of rotatable bonds is 24. The van der Waals surface area contributed by atoms with Crippen LogP contribution in [0.1, 0.15) is 140 Å². The third-order valence-corrected chi connectivity index (χ3v) is 11.4. The minimum absolute atomic E-state index is 0.0836. The van der Waals surface area contributed by atoms with Gasteiger partial charge in [-0.2, -0.15) is 0 Å². The van der Waals surface area contributed by atoms with Gasteiger partial charge < -0.3 is 20.9 Å². The number of carboxylic acids is 1. The second kappa shape index (κ2) is 22.7. The third-order valence-electron chi connectivity index (χ3n) is 10.5. The molecule has 1 fully saturated rings. The molecule has 0 radical (unpaired) electrons. The summed E-state index contributed by atoms with van der Waals surface area (Å²) in [6.45, 7) is 15.4. The van der Waals surface area contributed by atoms with Crippen LogP contribution in [-0.4, -0.2) is 81.2 Å². The molecule has 1 saturated heterocycles. The number of aliphatic carboxylic acids is 1. The van der Waals surface area contributed by atoms with E-state index in [0.717, 1.165) is 54.0 Å². The van der Waals surface area contributed by atoms with Crippen molar-refractivity contribution in [1.29, 1.82) is 0 Å². The highest BCUT2D eigenvalue weighted by atomic mass is 32.1. The fourth-order valence-corrected chi connectivity index (χ4v) is 7.61. The number of nitrogens with one attached hydrogen (secondary N) is 3. The molecule has 3 rings (SSSR count). The number of nitrogens with two attached hydrogens (primary N) is 1. The maximum absolute atomic E-state index is 14.6. The van der Waals surface area contributed by atoms with Gasteiger partial charge in [0.2, 0.25) is 0 Å². The lowest BCUT2D eigenvalue weighted by molar-refractivity contribution is -0.652. The van der Waals surface area contributed by atoms with Crippen LogP contribution in [0.15, 0.2) is 29.6 Å². The number of benzene rings is 1. The van der Waals surface area contributed by atoms with Crippen molar-refractivity contribution in [1.82, 2.24) is 26.1 Å². The van der Waals surface area contributed by atoms with E-state index < -0.39 is 59.6 Å². The fourth-order valence-electron chi connectivity index (χ4n) is 6.77. The van der Waals surface area contributed by atoms with Gasteiger partial charge in [0, 0.05) is 43.4 Å². The van der Waals surface area contributed by atoms with E-state index in [1.54, 1.807) is 31.4 Å². The summed E-state index contributed by atoms with van der Waals surface area (Å²) in [6, 6.07) is 5.12. The molecule has 1 aliphatic heterocycles. The molecule has 0 spiro atoms. The first kappa shape index (κ1) is 47.2. The first-order valence-corrected chi connectivity index (χ1v) is 21.3. The topological polar surface area (TPSA) is 205 Å². The molecule has 318 valence electrons. The molecule has 6 N–H and O–H groups in total. The highest BCUT2D eigenvalue weighted by molar-refractivity contribution is 7.09. The third kappa shape index (κ3) is 14.6. The van der Waals surface area contributed by atoms with Gasteiger partial charge in [-0.3, -0.25) is 29.3 Å². The molecule has 1 aromatic carbocycles. The summed E-state index contributed by atoms with van der Waals surface area (Å²) < 4.78 is 5.84. The van der Waals surface area contributed by atoms with Gasteiger partial charge in [0.25, 0.3) is 18.0 Å². The number of carboxylic acid groups (broad SMARTS) is 1. The van der Waals surface area contributed by atoms with E-state index in [-0.39, 0.29) is 37.0 Å². The highest BCUT2D eigenvalue weighted by Gasteiger charge is 2.42. The first-order valence-electron chi connectivity index (χ1n) is 20.4. The lowest BCUT2D eigenvalue weighted by Gasteiger charge is -2.37. The number of aromatic nitrogens is 1. The average Bonchev–Trinajstić information content (AvgIpc) is 3.67. The van der Waals surface area contributed by atoms with Gasteiger partial charge in [0.1, 0.15) is 15.6 Å². The van der Waals surface area contributed by atoms with Crippen molar-refractivity contribution >= 4 is 40.8 Å². The van der Waals surface area contributed by atoms with Crippen LogP contribution >= 0.6 is 11.3 Å². The minimum atomic E-state index is -1.13. The number of carbonyl (C=O) groups excluding carboxylic acids is 3. The molecule has 2 amide bonds. The fraction of sp³-hybridized carbons (Fsp3) is 0.683. The molecule has 2 heterocycles. The van der Waals surface area contributed by atoms with Crippen molar-refractivity contribution in [3.8, 4) is 0 Å². The Morgan fingerprint density at radius 1 is 1.12 bits per heavy atom. The predicted molar refractivity (Wildman–Crippen MR) is 220 cm³/mol. The number of nitrogens with zero attached hydrogens (tertiary/aromatic N) is 3. The summed E-state index contributed by atoms with van der Waals surface area (Å²) in [4.78, 5) is 78.0. The minimum Gasteiger partial charge on any atom is -0.481 e. The molecule has 15 nitrogen and oxygen atoms in total. The predicted octanol–water partition coefficient (Wildman–Crippen LogP) is 6.33. The number of anilines is 1. The van der Waals surface area contributed by atoms with Crippen molar-refractivity contribution < 1.29 is 38.7 Å². The molecule has 0 unspecified atom stereocenters. The van der Waals surface area contributed by atoms with Crippen LogP contribution in [0.4, 0.5) is 5.69 Å². The first-order chi connectivity index (χ1) is 27.0. The number of carbonyl (C=O) groups is 4. The number of esters is 1. The number of ether oxygens (including phenoxy) is 1. The summed E-state index contributed by atoms with van der Waals surface area (Å²) in [6.07, 6.45) is 4.97. The second-order valence-corrected chi connectivity index (χ2v) is 17.1. The van der Waals surface area contributed by atoms with Crippen molar-refractivity contribution in [3.05, 3.63) is 50.8 Å². The van der Waals surface area contributed by atoms with Crippen LogP contribution in [0.5, 0.6) is 0 Å². The van der Waals surface area contributed by atoms with E-state index in [1.807, 2.05) is 39.8 Å². The second-order valence-electron chi connectivity index (χ2n) is 16.2. The van der Waals surface area contributed by atoms with Crippen molar-refractivity contribution in [2.45, 2.75) is 150 Å². The summed E-state index contributed by atoms with van der Waals surface area (Å²) >= 11 is 1.15. The molecule has 2 aromatic rings. The van der Waals surface area contributed by atoms with Gasteiger partial charge in [-0.15, -0.1) is 16.8 Å². The summed E-state index contributed by atoms with van der Waals surface area (Å²) in [5.74, 6) is -2.86. The number of hydrogen-bond donors (Lipinski definition) is 5. The summed E-state index contributed by atoms with van der Waals surface area (Å²) in [7, 11) is 0. The van der Waals surface area contributed by atoms with Gasteiger partial charge >= 0.3 is 11.9 Å². The SMILES string of the molecule is CCCCCON(C(=O)[C@@H](N[N+](=O)[C@H]1CCCCN1)[C@@H](C)CC)[C@H](C[C@@H](OC(C)=O)c1nc(C(=O)N[C@@H](Cc2ccc(N)cc2)CC(C)(C)C(=O)O)cs1)C(C)C. The maximum atomic E-state index is 14.6. The van der Waals surface area contributed by atoms with E-state index >= 15 is 0 Å². The Kier molecular flexibility index (Phi) is 18.8. The Hall–Kier alpha value is -4.15. The van der Waals surface area contributed by atoms with Crippen molar-refractivity contribution in [2.75, 3.05) is 18.9 Å². The Bertz CT molecular complexity index is 1610. The van der Waals surface area contributed by atoms with Crippen LogP contribution < -0.4 is 21.8 Å². The summed E-state index contributed by atoms with van der Waals surface area (Å²) in [5, 5.41) is 19.4. The molecule has 1 aliphatic rings. The summed E-state index contributed by atoms with van der Waals surface area (Å²) in [5.41, 5.74) is 9.25. The van der Waals surface area contributed by atoms with Crippen LogP contribution in [0.2, 0.25) is 0 Å². The van der Waals surface area contributed by atoms with E-state index in [4.69, 9.17) is 15.3 Å². The number of thiazole rings is 1. The van der Waals surface area contributed by atoms with Gasteiger partial charge in [0.05, 0.1) is 23.0 Å². The lowest BCUT2D eigenvalue weighted by Crippen LogP contribution is -2.59. The number of nitrogen functional groups attached to an aromatic ring is 1. The van der Waals surface area contributed by atoms with Crippen LogP contribution in [0.3, 0.4) is 0 Å². The number of hydrogen-bond acceptors (Lipinski definition) is 11. The van der Waals surface area contributed by atoms with E-state index in [1.165, 1.54) is 12.0 Å². The molecule has 1 aromatic heterocycles. The monoisotopic (exact) mass is 816 g/mol. The van der Waals surface area contributed by atoms with Crippen LogP contribution in [0, 0.1) is 22.2 Å². The van der Waals surface area contributed by atoms with Crippen LogP contribution in [0.25, 0.3) is 0 Å². The molecule has 16 heteroatoms. The highest BCUT2D eigenvalue weighted by Crippen LogP contribution is 2.32. The zero-order valence-corrected chi connectivity index (χ0v) is 35.9. The van der Waals surface area contributed by atoms with Crippen molar-refractivity contribution in [3.63, 3.8) is 0 Å². The molecule has 0 bridgehead atoms. The van der Waals surface area contributed by atoms with E-state index in [0.29, 0.717) is 36.4 Å². The van der Waals surface area contributed by atoms with E-state index in [2.05, 4.69) is 28.0 Å². The number of hydroxylamine groups is 2. The quantitative estimate of drug-likeness (QED) is 0.0259. The number of piperidine rings is 1. The molecular weight excluding hydrogens is 751 g/mol. The van der Waals surface area contributed by atoms with Gasteiger partial charge in [-0.1, -0.05) is 66.0 Å². The van der Waals surface area contributed by atoms with Gasteiger partial charge in [0.15, 0.2) is 12.1 Å². The molecule has 0 aliphatic carbocycles. The number of amides is 2. The smallest absolute Gasteiger partial charge is 0.309 e. The molecule has 6 atom stereocenters. The van der Waals surface area contributed by atoms with Crippen molar-refractivity contribution in [2.24, 2.45) is 17.3 Å².